The van der Waals surface area contributed by atoms with Crippen molar-refractivity contribution in [2.45, 2.75) is 13.3 Å². The van der Waals surface area contributed by atoms with E-state index in [9.17, 15) is 9.59 Å². The smallest absolute Gasteiger partial charge is 0.309 e. The zero-order valence-electron chi connectivity index (χ0n) is 5.87. The zero-order chi connectivity index (χ0) is 7.56. The Morgan fingerprint density at radius 2 is 2.50 bits per heavy atom. The van der Waals surface area contributed by atoms with Crippen LogP contribution < -0.4 is 0 Å². The van der Waals surface area contributed by atoms with Gasteiger partial charge < -0.3 is 9.53 Å². The van der Waals surface area contributed by atoms with Gasteiger partial charge in [0.15, 0.2) is 0 Å². The molecule has 1 aliphatic rings. The van der Waals surface area contributed by atoms with Crippen LogP contribution in [0.25, 0.3) is 0 Å². The molecule has 0 spiro atoms. The van der Waals surface area contributed by atoms with E-state index in [0.717, 1.165) is 6.29 Å². The summed E-state index contributed by atoms with van der Waals surface area (Å²) < 4.78 is 4.69. The maximum Gasteiger partial charge on any atom is 0.309 e. The lowest BCUT2D eigenvalue weighted by molar-refractivity contribution is -0.141. The first-order valence-electron chi connectivity index (χ1n) is 3.41. The Morgan fingerprint density at radius 3 is 2.90 bits per heavy atom. The quantitative estimate of drug-likeness (QED) is 0.413. The summed E-state index contributed by atoms with van der Waals surface area (Å²) in [5.74, 6) is -0.602. The lowest BCUT2D eigenvalue weighted by atomic mass is 9.95. The number of ether oxygens (including phenoxy) is 1. The van der Waals surface area contributed by atoms with Crippen molar-refractivity contribution in [2.75, 3.05) is 6.61 Å². The van der Waals surface area contributed by atoms with E-state index in [1.54, 1.807) is 0 Å². The Bertz CT molecular complexity index is 153. The van der Waals surface area contributed by atoms with Gasteiger partial charge in [0.25, 0.3) is 0 Å². The number of hydrogen-bond donors (Lipinski definition) is 0. The van der Waals surface area contributed by atoms with E-state index in [4.69, 9.17) is 0 Å². The second-order valence-corrected chi connectivity index (χ2v) is 2.44. The van der Waals surface area contributed by atoms with Gasteiger partial charge in [-0.15, -0.1) is 0 Å². The molecule has 0 saturated carbocycles. The van der Waals surface area contributed by atoms with Crippen LogP contribution in [0.15, 0.2) is 0 Å². The van der Waals surface area contributed by atoms with Gasteiger partial charge in [-0.05, 0) is 6.42 Å². The van der Waals surface area contributed by atoms with Crippen LogP contribution in [0.5, 0.6) is 0 Å². The van der Waals surface area contributed by atoms with Crippen LogP contribution >= 0.6 is 0 Å². The minimum atomic E-state index is -0.223. The zero-order valence-corrected chi connectivity index (χ0v) is 5.87. The molecule has 2 atom stereocenters. The summed E-state index contributed by atoms with van der Waals surface area (Å²) >= 11 is 0. The van der Waals surface area contributed by atoms with Gasteiger partial charge in [0.05, 0.1) is 11.8 Å². The highest BCUT2D eigenvalue weighted by Crippen LogP contribution is 2.22. The van der Waals surface area contributed by atoms with Crippen molar-refractivity contribution < 1.29 is 14.3 Å². The molecule has 0 aromatic heterocycles. The maximum atomic E-state index is 10.8. The van der Waals surface area contributed by atoms with Crippen molar-refractivity contribution in [1.29, 1.82) is 0 Å². The molecule has 0 radical (unpaired) electrons. The highest BCUT2D eigenvalue weighted by Gasteiger charge is 2.34. The first kappa shape index (κ1) is 7.25. The van der Waals surface area contributed by atoms with Crippen molar-refractivity contribution >= 4 is 12.3 Å². The first-order chi connectivity index (χ1) is 4.79. The summed E-state index contributed by atoms with van der Waals surface area (Å²) in [6.07, 6.45) is 1.50. The summed E-state index contributed by atoms with van der Waals surface area (Å²) in [4.78, 5) is 21.1. The van der Waals surface area contributed by atoms with E-state index in [1.807, 2.05) is 6.92 Å². The number of rotatable bonds is 2. The Labute approximate surface area is 59.4 Å². The van der Waals surface area contributed by atoms with Gasteiger partial charge in [-0.25, -0.2) is 0 Å². The van der Waals surface area contributed by atoms with Crippen LogP contribution in [-0.2, 0) is 14.3 Å². The second kappa shape index (κ2) is 2.82. The number of cyclic esters (lactones) is 1. The number of carbonyl (C=O) groups is 2. The van der Waals surface area contributed by atoms with E-state index in [1.165, 1.54) is 0 Å². The summed E-state index contributed by atoms with van der Waals surface area (Å²) in [6.45, 7) is 2.16. The van der Waals surface area contributed by atoms with Crippen molar-refractivity contribution in [3.8, 4) is 0 Å². The van der Waals surface area contributed by atoms with Gasteiger partial charge >= 0.3 is 5.97 Å². The number of hydrogen-bond acceptors (Lipinski definition) is 3. The minimum absolute atomic E-state index is 0.183. The van der Waals surface area contributed by atoms with Crippen LogP contribution in [0.2, 0.25) is 0 Å². The van der Waals surface area contributed by atoms with Gasteiger partial charge in [0, 0.05) is 0 Å². The third-order valence-corrected chi connectivity index (χ3v) is 1.85. The summed E-state index contributed by atoms with van der Waals surface area (Å²) in [5, 5.41) is 0. The minimum Gasteiger partial charge on any atom is -0.465 e. The number of aldehydes is 1. The molecular weight excluding hydrogens is 132 g/mol. The molecule has 3 nitrogen and oxygen atoms in total. The van der Waals surface area contributed by atoms with E-state index >= 15 is 0 Å². The predicted octanol–water partition coefficient (Wildman–Crippen LogP) is 0.385. The molecule has 1 rings (SSSR count). The lowest BCUT2D eigenvalue weighted by Gasteiger charge is -2.03. The molecule has 0 bridgehead atoms. The van der Waals surface area contributed by atoms with E-state index < -0.39 is 0 Å². The molecule has 0 aliphatic carbocycles. The standard InChI is InChI=1S/C7H10O3/c1-2-6-5(3-8)4-10-7(6)9/h3,5-6H,2,4H2,1H3/t5-,6+/m1/s1. The van der Waals surface area contributed by atoms with E-state index in [0.29, 0.717) is 6.42 Å². The SMILES string of the molecule is CC[C@@H]1C(=O)OC[C@H]1C=O. The predicted molar refractivity (Wildman–Crippen MR) is 34.3 cm³/mol. The fraction of sp³-hybridized carbons (Fsp3) is 0.714. The lowest BCUT2D eigenvalue weighted by Crippen LogP contribution is -2.15. The molecular formula is C7H10O3. The molecule has 10 heavy (non-hydrogen) atoms. The molecule has 56 valence electrons. The highest BCUT2D eigenvalue weighted by atomic mass is 16.5. The van der Waals surface area contributed by atoms with Crippen LogP contribution in [0, 0.1) is 11.8 Å². The fourth-order valence-corrected chi connectivity index (χ4v) is 1.18. The van der Waals surface area contributed by atoms with Crippen molar-refractivity contribution in [2.24, 2.45) is 11.8 Å². The first-order valence-corrected chi connectivity index (χ1v) is 3.41. The monoisotopic (exact) mass is 142 g/mol. The second-order valence-electron chi connectivity index (χ2n) is 2.44. The molecule has 0 aromatic rings. The molecule has 1 fully saturated rings. The molecule has 0 aromatic carbocycles. The van der Waals surface area contributed by atoms with Gasteiger partial charge in [0.2, 0.25) is 0 Å². The van der Waals surface area contributed by atoms with Crippen LogP contribution in [0.4, 0.5) is 0 Å². The van der Waals surface area contributed by atoms with Crippen molar-refractivity contribution in [1.82, 2.24) is 0 Å². The maximum absolute atomic E-state index is 10.8. The normalized spacial score (nSPS) is 31.9. The Kier molecular flexibility index (Phi) is 2.04. The summed E-state index contributed by atoms with van der Waals surface area (Å²) in [5.41, 5.74) is 0. The summed E-state index contributed by atoms with van der Waals surface area (Å²) in [7, 11) is 0. The van der Waals surface area contributed by atoms with Crippen LogP contribution in [0.3, 0.4) is 0 Å². The molecule has 0 N–H and O–H groups in total. The molecule has 1 heterocycles. The molecule has 3 heteroatoms. The average Bonchev–Trinajstić information content (AvgIpc) is 2.30. The molecule has 1 aliphatic heterocycles. The average molecular weight is 142 g/mol. The Balaban J connectivity index is 2.62. The van der Waals surface area contributed by atoms with Gasteiger partial charge in [-0.2, -0.15) is 0 Å². The number of carbonyl (C=O) groups excluding carboxylic acids is 2. The molecule has 0 unspecified atom stereocenters. The van der Waals surface area contributed by atoms with Crippen molar-refractivity contribution in [3.63, 3.8) is 0 Å². The van der Waals surface area contributed by atoms with Gasteiger partial charge in [-0.1, -0.05) is 6.92 Å². The Hall–Kier alpha value is -0.860. The van der Waals surface area contributed by atoms with Crippen LogP contribution in [-0.4, -0.2) is 18.9 Å². The molecule has 1 saturated heterocycles. The number of esters is 1. The topological polar surface area (TPSA) is 43.4 Å². The third kappa shape index (κ3) is 1.03. The van der Waals surface area contributed by atoms with Gasteiger partial charge in [0.1, 0.15) is 12.9 Å². The third-order valence-electron chi connectivity index (χ3n) is 1.85. The Morgan fingerprint density at radius 1 is 1.80 bits per heavy atom. The summed E-state index contributed by atoms with van der Waals surface area (Å²) in [6, 6.07) is 0. The van der Waals surface area contributed by atoms with Gasteiger partial charge in [-0.3, -0.25) is 4.79 Å². The molecule has 0 amide bonds. The van der Waals surface area contributed by atoms with Crippen molar-refractivity contribution in [3.05, 3.63) is 0 Å². The highest BCUT2D eigenvalue weighted by molar-refractivity contribution is 5.79. The largest absolute Gasteiger partial charge is 0.465 e. The van der Waals surface area contributed by atoms with Crippen LogP contribution in [0.1, 0.15) is 13.3 Å². The van der Waals surface area contributed by atoms with E-state index in [-0.39, 0.29) is 24.4 Å². The van der Waals surface area contributed by atoms with E-state index in [2.05, 4.69) is 4.74 Å². The fourth-order valence-electron chi connectivity index (χ4n) is 1.18.